The zero-order valence-electron chi connectivity index (χ0n) is 15.1. The van der Waals surface area contributed by atoms with Gasteiger partial charge in [0, 0.05) is 17.3 Å². The van der Waals surface area contributed by atoms with E-state index >= 15 is 0 Å². The first kappa shape index (κ1) is 18.2. The van der Waals surface area contributed by atoms with Crippen molar-refractivity contribution in [3.05, 3.63) is 54.2 Å². The van der Waals surface area contributed by atoms with E-state index in [1.165, 1.54) is 7.11 Å². The average Bonchev–Trinajstić information content (AvgIpc) is 2.72. The molecule has 7 nitrogen and oxygen atoms in total. The molecule has 0 radical (unpaired) electrons. The van der Waals surface area contributed by atoms with Crippen LogP contribution in [0, 0.1) is 0 Å². The van der Waals surface area contributed by atoms with E-state index in [0.717, 1.165) is 5.56 Å². The van der Waals surface area contributed by atoms with Crippen LogP contribution < -0.4 is 14.2 Å². The van der Waals surface area contributed by atoms with Crippen molar-refractivity contribution < 1.29 is 24.1 Å². The van der Waals surface area contributed by atoms with Gasteiger partial charge in [-0.2, -0.15) is 0 Å². The normalized spacial score (nSPS) is 10.3. The van der Waals surface area contributed by atoms with Gasteiger partial charge in [-0.15, -0.1) is 0 Å². The molecule has 3 rings (SSSR count). The summed E-state index contributed by atoms with van der Waals surface area (Å²) in [6.07, 6.45) is 1.64. The van der Waals surface area contributed by atoms with Crippen LogP contribution in [-0.4, -0.2) is 42.4 Å². The number of hydrogen-bond acceptors (Lipinski definition) is 6. The summed E-state index contributed by atoms with van der Waals surface area (Å²) in [5.74, 6) is 1.01. The number of aromatic carboxylic acids is 1. The summed E-state index contributed by atoms with van der Waals surface area (Å²) in [6, 6.07) is 11.8. The number of carboxylic acid groups (broad SMARTS) is 1. The highest BCUT2D eigenvalue weighted by Crippen LogP contribution is 2.40. The number of hydrogen-bond donors (Lipinski definition) is 1. The Morgan fingerprint density at radius 1 is 0.889 bits per heavy atom. The Labute approximate surface area is 156 Å². The zero-order chi connectivity index (χ0) is 19.4. The van der Waals surface area contributed by atoms with Gasteiger partial charge in [-0.1, -0.05) is 12.1 Å². The van der Waals surface area contributed by atoms with Crippen LogP contribution in [-0.2, 0) is 0 Å². The second kappa shape index (κ2) is 7.74. The van der Waals surface area contributed by atoms with Crippen molar-refractivity contribution >= 4 is 5.97 Å². The molecule has 1 heterocycles. The van der Waals surface area contributed by atoms with Crippen molar-refractivity contribution in [2.24, 2.45) is 0 Å². The summed E-state index contributed by atoms with van der Waals surface area (Å²) in [4.78, 5) is 19.9. The molecule has 0 aliphatic heterocycles. The molecule has 0 unspecified atom stereocenters. The van der Waals surface area contributed by atoms with Gasteiger partial charge in [-0.25, -0.2) is 14.8 Å². The van der Waals surface area contributed by atoms with Crippen LogP contribution in [0.15, 0.2) is 48.7 Å². The van der Waals surface area contributed by atoms with Gasteiger partial charge in [0.25, 0.3) is 0 Å². The minimum atomic E-state index is -0.970. The van der Waals surface area contributed by atoms with E-state index in [-0.39, 0.29) is 5.56 Å². The Bertz CT molecular complexity index is 945. The summed E-state index contributed by atoms with van der Waals surface area (Å²) in [6.45, 7) is 0. The Morgan fingerprint density at radius 3 is 2.04 bits per heavy atom. The number of carbonyl (C=O) groups is 1. The van der Waals surface area contributed by atoms with E-state index in [4.69, 9.17) is 19.3 Å². The number of carboxylic acids is 1. The summed E-state index contributed by atoms with van der Waals surface area (Å²) in [5.41, 5.74) is 2.38. The third-order valence-corrected chi connectivity index (χ3v) is 4.01. The molecule has 27 heavy (non-hydrogen) atoms. The van der Waals surface area contributed by atoms with Crippen molar-refractivity contribution in [1.82, 2.24) is 9.97 Å². The van der Waals surface area contributed by atoms with Crippen molar-refractivity contribution in [3.63, 3.8) is 0 Å². The van der Waals surface area contributed by atoms with Crippen LogP contribution in [0.25, 0.3) is 22.6 Å². The maximum atomic E-state index is 11.0. The van der Waals surface area contributed by atoms with Crippen molar-refractivity contribution in [2.75, 3.05) is 21.3 Å². The van der Waals surface area contributed by atoms with Gasteiger partial charge >= 0.3 is 5.97 Å². The minimum Gasteiger partial charge on any atom is -0.493 e. The largest absolute Gasteiger partial charge is 0.493 e. The molecular weight excluding hydrogens is 348 g/mol. The lowest BCUT2D eigenvalue weighted by Crippen LogP contribution is -1.98. The average molecular weight is 366 g/mol. The van der Waals surface area contributed by atoms with Crippen LogP contribution in [0.1, 0.15) is 10.4 Å². The lowest BCUT2D eigenvalue weighted by Gasteiger charge is -2.14. The van der Waals surface area contributed by atoms with Gasteiger partial charge in [0.2, 0.25) is 5.75 Å². The van der Waals surface area contributed by atoms with Crippen molar-refractivity contribution in [2.45, 2.75) is 0 Å². The van der Waals surface area contributed by atoms with Gasteiger partial charge < -0.3 is 19.3 Å². The second-order valence-electron chi connectivity index (χ2n) is 5.56. The molecule has 1 aromatic heterocycles. The van der Waals surface area contributed by atoms with Crippen molar-refractivity contribution in [1.29, 1.82) is 0 Å². The van der Waals surface area contributed by atoms with Crippen LogP contribution in [0.5, 0.6) is 17.2 Å². The predicted molar refractivity (Wildman–Crippen MR) is 99.5 cm³/mol. The number of aromatic nitrogens is 2. The van der Waals surface area contributed by atoms with Gasteiger partial charge in [-0.05, 0) is 30.3 Å². The van der Waals surface area contributed by atoms with E-state index < -0.39 is 5.97 Å². The predicted octanol–water partition coefficient (Wildman–Crippen LogP) is 3.53. The van der Waals surface area contributed by atoms with Crippen LogP contribution >= 0.6 is 0 Å². The first-order valence-corrected chi connectivity index (χ1v) is 8.04. The maximum Gasteiger partial charge on any atom is 0.335 e. The van der Waals surface area contributed by atoms with Crippen molar-refractivity contribution in [3.8, 4) is 39.9 Å². The molecule has 3 aromatic rings. The molecule has 0 amide bonds. The fourth-order valence-electron chi connectivity index (χ4n) is 2.65. The summed E-state index contributed by atoms with van der Waals surface area (Å²) in [7, 11) is 4.63. The Kier molecular flexibility index (Phi) is 5.21. The third kappa shape index (κ3) is 3.67. The molecule has 0 aliphatic rings. The molecule has 2 aromatic carbocycles. The standard InChI is InChI=1S/C20H18N2O5/c1-25-16-10-14(11-17(26-2)18(16)27-3)19-21-9-8-15(22-19)12-4-6-13(7-5-12)20(23)24/h4-11H,1-3H3,(H,23,24). The van der Waals surface area contributed by atoms with Gasteiger partial charge in [0.15, 0.2) is 17.3 Å². The number of ether oxygens (including phenoxy) is 3. The van der Waals surface area contributed by atoms with Crippen LogP contribution in [0.4, 0.5) is 0 Å². The molecular formula is C20H18N2O5. The summed E-state index contributed by atoms with van der Waals surface area (Å²) < 4.78 is 16.1. The highest BCUT2D eigenvalue weighted by molar-refractivity contribution is 5.88. The van der Waals surface area contributed by atoms with E-state index in [0.29, 0.717) is 34.3 Å². The van der Waals surface area contributed by atoms with Gasteiger partial charge in [0.05, 0.1) is 32.6 Å². The van der Waals surface area contributed by atoms with Gasteiger partial charge in [-0.3, -0.25) is 0 Å². The Balaban J connectivity index is 2.04. The van der Waals surface area contributed by atoms with E-state index in [2.05, 4.69) is 9.97 Å². The molecule has 0 bridgehead atoms. The molecule has 0 spiro atoms. The molecule has 138 valence electrons. The molecule has 7 heteroatoms. The molecule has 0 aliphatic carbocycles. The zero-order valence-corrected chi connectivity index (χ0v) is 15.1. The van der Waals surface area contributed by atoms with E-state index in [1.807, 2.05) is 0 Å². The van der Waals surface area contributed by atoms with Gasteiger partial charge in [0.1, 0.15) is 0 Å². The van der Waals surface area contributed by atoms with Crippen LogP contribution in [0.2, 0.25) is 0 Å². The topological polar surface area (TPSA) is 90.8 Å². The molecule has 0 saturated carbocycles. The summed E-state index contributed by atoms with van der Waals surface area (Å²) >= 11 is 0. The lowest BCUT2D eigenvalue weighted by atomic mass is 10.1. The molecule has 1 N–H and O–H groups in total. The van der Waals surface area contributed by atoms with E-state index in [1.54, 1.807) is 62.9 Å². The number of nitrogens with zero attached hydrogens (tertiary/aromatic N) is 2. The first-order chi connectivity index (χ1) is 13.1. The third-order valence-electron chi connectivity index (χ3n) is 4.01. The maximum absolute atomic E-state index is 11.0. The Hall–Kier alpha value is -3.61. The number of benzene rings is 2. The first-order valence-electron chi connectivity index (χ1n) is 8.04. The second-order valence-corrected chi connectivity index (χ2v) is 5.56. The summed E-state index contributed by atoms with van der Waals surface area (Å²) in [5, 5.41) is 9.02. The minimum absolute atomic E-state index is 0.220. The quantitative estimate of drug-likeness (QED) is 0.713. The lowest BCUT2D eigenvalue weighted by molar-refractivity contribution is 0.0697. The SMILES string of the molecule is COc1cc(-c2nccc(-c3ccc(C(=O)O)cc3)n2)cc(OC)c1OC. The van der Waals surface area contributed by atoms with Crippen LogP contribution in [0.3, 0.4) is 0 Å². The monoisotopic (exact) mass is 366 g/mol. The van der Waals surface area contributed by atoms with E-state index in [9.17, 15) is 4.79 Å². The fourth-order valence-corrected chi connectivity index (χ4v) is 2.65. The number of rotatable bonds is 6. The number of methoxy groups -OCH3 is 3. The fraction of sp³-hybridized carbons (Fsp3) is 0.150. The molecule has 0 fully saturated rings. The molecule has 0 saturated heterocycles. The highest BCUT2D eigenvalue weighted by atomic mass is 16.5. The Morgan fingerprint density at radius 2 is 1.52 bits per heavy atom. The smallest absolute Gasteiger partial charge is 0.335 e. The highest BCUT2D eigenvalue weighted by Gasteiger charge is 2.16. The molecule has 0 atom stereocenters.